The lowest BCUT2D eigenvalue weighted by molar-refractivity contribution is -0.121. The van der Waals surface area contributed by atoms with E-state index in [1.807, 2.05) is 18.2 Å². The number of nitrogens with one attached hydrogen (secondary N) is 2. The molecule has 1 atom stereocenters. The summed E-state index contributed by atoms with van der Waals surface area (Å²) in [5.41, 5.74) is 2.34. The quantitative estimate of drug-likeness (QED) is 0.731. The van der Waals surface area contributed by atoms with E-state index in [1.165, 1.54) is 6.92 Å². The Balaban J connectivity index is 1.60. The maximum Gasteiger partial charge on any atom is 0.228 e. The zero-order chi connectivity index (χ0) is 20.1. The molecule has 0 radical (unpaired) electrons. The van der Waals surface area contributed by atoms with Crippen LogP contribution in [-0.2, 0) is 16.1 Å². The molecule has 0 saturated carbocycles. The summed E-state index contributed by atoms with van der Waals surface area (Å²) < 4.78 is 0. The fraction of sp³-hybridized carbons (Fsp3) is 0.333. The maximum atomic E-state index is 12.7. The van der Waals surface area contributed by atoms with Crippen molar-refractivity contribution in [2.24, 2.45) is 5.92 Å². The van der Waals surface area contributed by atoms with Crippen LogP contribution in [0.5, 0.6) is 0 Å². The average molecular weight is 420 g/mol. The van der Waals surface area contributed by atoms with Crippen molar-refractivity contribution in [1.29, 1.82) is 0 Å². The number of halogens is 2. The van der Waals surface area contributed by atoms with Crippen molar-refractivity contribution in [2.75, 3.05) is 23.7 Å². The Morgan fingerprint density at radius 2 is 1.86 bits per heavy atom. The molecule has 1 saturated heterocycles. The van der Waals surface area contributed by atoms with E-state index in [9.17, 15) is 9.59 Å². The number of amides is 2. The molecular formula is C21H23Cl2N3O2. The monoisotopic (exact) mass is 419 g/mol. The smallest absolute Gasteiger partial charge is 0.228 e. The van der Waals surface area contributed by atoms with Crippen LogP contribution in [0.4, 0.5) is 11.4 Å². The van der Waals surface area contributed by atoms with Crippen molar-refractivity contribution in [3.8, 4) is 0 Å². The van der Waals surface area contributed by atoms with E-state index in [2.05, 4.69) is 15.5 Å². The number of anilines is 2. The lowest BCUT2D eigenvalue weighted by Gasteiger charge is -2.32. The predicted molar refractivity (Wildman–Crippen MR) is 114 cm³/mol. The fourth-order valence-corrected chi connectivity index (χ4v) is 3.89. The van der Waals surface area contributed by atoms with Crippen LogP contribution >= 0.6 is 23.2 Å². The van der Waals surface area contributed by atoms with Crippen LogP contribution in [0.15, 0.2) is 42.5 Å². The van der Waals surface area contributed by atoms with Gasteiger partial charge in [-0.3, -0.25) is 14.5 Å². The number of nitrogens with zero attached hydrogens (tertiary/aromatic N) is 1. The van der Waals surface area contributed by atoms with Crippen molar-refractivity contribution >= 4 is 46.4 Å². The molecule has 0 bridgehead atoms. The van der Waals surface area contributed by atoms with E-state index in [4.69, 9.17) is 23.2 Å². The predicted octanol–water partition coefficient (Wildman–Crippen LogP) is 4.80. The minimum absolute atomic E-state index is 0.00752. The molecule has 0 aromatic heterocycles. The summed E-state index contributed by atoms with van der Waals surface area (Å²) in [5, 5.41) is 6.95. The van der Waals surface area contributed by atoms with Crippen LogP contribution in [0.3, 0.4) is 0 Å². The van der Waals surface area contributed by atoms with Crippen molar-refractivity contribution in [3.05, 3.63) is 58.1 Å². The van der Waals surface area contributed by atoms with E-state index in [1.54, 1.807) is 24.3 Å². The molecule has 5 nitrogen and oxygen atoms in total. The summed E-state index contributed by atoms with van der Waals surface area (Å²) in [6, 6.07) is 12.7. The third kappa shape index (κ3) is 5.71. The molecule has 2 amide bonds. The molecule has 0 aliphatic carbocycles. The molecule has 3 rings (SSSR count). The first-order chi connectivity index (χ1) is 13.4. The van der Waals surface area contributed by atoms with Gasteiger partial charge >= 0.3 is 0 Å². The average Bonchev–Trinajstić information content (AvgIpc) is 2.64. The largest absolute Gasteiger partial charge is 0.326 e. The number of hydrogen-bond acceptors (Lipinski definition) is 3. The van der Waals surface area contributed by atoms with Crippen LogP contribution in [0, 0.1) is 5.92 Å². The second-order valence-corrected chi connectivity index (χ2v) is 7.90. The minimum atomic E-state index is -0.146. The second-order valence-electron chi connectivity index (χ2n) is 7.06. The van der Waals surface area contributed by atoms with Crippen LogP contribution in [0.1, 0.15) is 25.3 Å². The molecule has 1 aliphatic heterocycles. The number of carbonyl (C=O) groups excluding carboxylic acids is 2. The molecule has 2 aromatic carbocycles. The fourth-order valence-electron chi connectivity index (χ4n) is 3.43. The zero-order valence-corrected chi connectivity index (χ0v) is 17.2. The summed E-state index contributed by atoms with van der Waals surface area (Å²) in [7, 11) is 0. The highest BCUT2D eigenvalue weighted by Crippen LogP contribution is 2.25. The van der Waals surface area contributed by atoms with Gasteiger partial charge in [-0.05, 0) is 55.3 Å². The molecule has 2 N–H and O–H groups in total. The second kappa shape index (κ2) is 9.41. The van der Waals surface area contributed by atoms with Gasteiger partial charge < -0.3 is 10.6 Å². The van der Waals surface area contributed by atoms with Gasteiger partial charge in [0.25, 0.3) is 0 Å². The van der Waals surface area contributed by atoms with Crippen LogP contribution in [0.25, 0.3) is 0 Å². The summed E-state index contributed by atoms with van der Waals surface area (Å²) in [6.07, 6.45) is 1.80. The van der Waals surface area contributed by atoms with Crippen molar-refractivity contribution in [3.63, 3.8) is 0 Å². The molecule has 2 aromatic rings. The molecule has 28 heavy (non-hydrogen) atoms. The molecule has 0 spiro atoms. The Morgan fingerprint density at radius 3 is 2.57 bits per heavy atom. The van der Waals surface area contributed by atoms with E-state index in [0.717, 1.165) is 24.9 Å². The van der Waals surface area contributed by atoms with Gasteiger partial charge in [-0.1, -0.05) is 35.3 Å². The first kappa shape index (κ1) is 20.6. The summed E-state index contributed by atoms with van der Waals surface area (Å²) in [5.74, 6) is -0.247. The van der Waals surface area contributed by atoms with Crippen molar-refractivity contribution in [2.45, 2.75) is 26.3 Å². The van der Waals surface area contributed by atoms with E-state index >= 15 is 0 Å². The molecule has 148 valence electrons. The lowest BCUT2D eigenvalue weighted by Crippen LogP contribution is -2.40. The highest BCUT2D eigenvalue weighted by Gasteiger charge is 2.26. The zero-order valence-electron chi connectivity index (χ0n) is 15.7. The van der Waals surface area contributed by atoms with Crippen molar-refractivity contribution in [1.82, 2.24) is 4.90 Å². The molecule has 7 heteroatoms. The Kier molecular flexibility index (Phi) is 6.94. The van der Waals surface area contributed by atoms with Gasteiger partial charge in [-0.2, -0.15) is 0 Å². The Labute approximate surface area is 175 Å². The molecule has 0 unspecified atom stereocenters. The van der Waals surface area contributed by atoms with E-state index < -0.39 is 0 Å². The number of carbonyl (C=O) groups is 2. The van der Waals surface area contributed by atoms with E-state index in [-0.39, 0.29) is 17.7 Å². The van der Waals surface area contributed by atoms with E-state index in [0.29, 0.717) is 34.5 Å². The van der Waals surface area contributed by atoms with Gasteiger partial charge in [0.15, 0.2) is 0 Å². The Hall–Kier alpha value is -2.08. The Morgan fingerprint density at radius 1 is 1.11 bits per heavy atom. The number of benzene rings is 2. The van der Waals surface area contributed by atoms with Gasteiger partial charge in [0.1, 0.15) is 0 Å². The highest BCUT2D eigenvalue weighted by molar-refractivity contribution is 6.35. The molecule has 1 fully saturated rings. The van der Waals surface area contributed by atoms with Gasteiger partial charge in [0.2, 0.25) is 11.8 Å². The summed E-state index contributed by atoms with van der Waals surface area (Å²) in [4.78, 5) is 26.2. The standard InChI is InChI=1S/C21H23Cl2N3O2/c1-14(27)24-18-5-2-6-19(11-18)25-21(28)16-4-3-9-26(13-16)12-15-7-8-17(22)10-20(15)23/h2,5-8,10-11,16H,3-4,9,12-13H2,1H3,(H,24,27)(H,25,28)/t16-/m0/s1. The number of likely N-dealkylation sites (tertiary alicyclic amines) is 1. The summed E-state index contributed by atoms with van der Waals surface area (Å²) >= 11 is 12.3. The Bertz CT molecular complexity index is 872. The number of hydrogen-bond donors (Lipinski definition) is 2. The topological polar surface area (TPSA) is 61.4 Å². The van der Waals surface area contributed by atoms with Crippen molar-refractivity contribution < 1.29 is 9.59 Å². The molecule has 1 aliphatic rings. The first-order valence-corrected chi connectivity index (χ1v) is 10.0. The first-order valence-electron chi connectivity index (χ1n) is 9.25. The minimum Gasteiger partial charge on any atom is -0.326 e. The lowest BCUT2D eigenvalue weighted by atomic mass is 9.96. The summed E-state index contributed by atoms with van der Waals surface area (Å²) in [6.45, 7) is 3.75. The SMILES string of the molecule is CC(=O)Nc1cccc(NC(=O)[C@H]2CCCN(Cc3ccc(Cl)cc3Cl)C2)c1. The number of rotatable bonds is 5. The number of piperidine rings is 1. The van der Waals surface area contributed by atoms with Gasteiger partial charge in [0.05, 0.1) is 5.92 Å². The molecular weight excluding hydrogens is 397 g/mol. The van der Waals surface area contributed by atoms with Crippen LogP contribution < -0.4 is 10.6 Å². The van der Waals surface area contributed by atoms with Gasteiger partial charge in [-0.25, -0.2) is 0 Å². The third-order valence-electron chi connectivity index (χ3n) is 4.74. The maximum absolute atomic E-state index is 12.7. The normalized spacial score (nSPS) is 17.2. The highest BCUT2D eigenvalue weighted by atomic mass is 35.5. The third-order valence-corrected chi connectivity index (χ3v) is 5.32. The molecule has 1 heterocycles. The van der Waals surface area contributed by atoms with Gasteiger partial charge in [-0.15, -0.1) is 0 Å². The van der Waals surface area contributed by atoms with Gasteiger partial charge in [0, 0.05) is 41.4 Å². The van der Waals surface area contributed by atoms with Crippen LogP contribution in [0.2, 0.25) is 10.0 Å². The van der Waals surface area contributed by atoms with Crippen LogP contribution in [-0.4, -0.2) is 29.8 Å².